The van der Waals surface area contributed by atoms with Crippen LogP contribution in [0.4, 0.5) is 4.39 Å². The van der Waals surface area contributed by atoms with E-state index in [-0.39, 0.29) is 5.82 Å². The number of aromatic nitrogens is 1. The first-order chi connectivity index (χ1) is 14.7. The van der Waals surface area contributed by atoms with Crippen molar-refractivity contribution in [3.63, 3.8) is 0 Å². The van der Waals surface area contributed by atoms with Gasteiger partial charge in [0.25, 0.3) is 0 Å². The summed E-state index contributed by atoms with van der Waals surface area (Å²) in [5.74, 6) is -0.132. The van der Waals surface area contributed by atoms with Crippen LogP contribution in [0.15, 0.2) is 60.8 Å². The normalized spacial score (nSPS) is 11.0. The van der Waals surface area contributed by atoms with Crippen LogP contribution < -0.4 is 0 Å². The van der Waals surface area contributed by atoms with Gasteiger partial charge < -0.3 is 0 Å². The highest BCUT2D eigenvalue weighted by Gasteiger charge is 2.08. The zero-order valence-corrected chi connectivity index (χ0v) is 18.5. The van der Waals surface area contributed by atoms with E-state index in [1.54, 1.807) is 6.07 Å². The van der Waals surface area contributed by atoms with Crippen LogP contribution in [0.3, 0.4) is 0 Å². The van der Waals surface area contributed by atoms with Crippen molar-refractivity contribution in [1.29, 1.82) is 0 Å². The fourth-order valence-corrected chi connectivity index (χ4v) is 3.83. The Bertz CT molecular complexity index is 897. The Labute approximate surface area is 181 Å². The summed E-state index contributed by atoms with van der Waals surface area (Å²) >= 11 is 0. The smallest absolute Gasteiger partial charge is 0.131 e. The third kappa shape index (κ3) is 6.26. The number of hydrogen-bond donors (Lipinski definition) is 0. The summed E-state index contributed by atoms with van der Waals surface area (Å²) in [5, 5.41) is 0. The molecule has 0 saturated carbocycles. The third-order valence-corrected chi connectivity index (χ3v) is 5.74. The van der Waals surface area contributed by atoms with E-state index >= 15 is 0 Å². The fraction of sp³-hybridized carbons (Fsp3) is 0.393. The Morgan fingerprint density at radius 1 is 0.667 bits per heavy atom. The average molecular weight is 404 g/mol. The minimum atomic E-state index is -0.132. The molecular weight excluding hydrogens is 369 g/mol. The largest absolute Gasteiger partial charge is 0.256 e. The lowest BCUT2D eigenvalue weighted by Crippen LogP contribution is -1.91. The molecule has 30 heavy (non-hydrogen) atoms. The first-order valence-corrected chi connectivity index (χ1v) is 11.6. The summed E-state index contributed by atoms with van der Waals surface area (Å²) in [4.78, 5) is 4.61. The minimum absolute atomic E-state index is 0.132. The van der Waals surface area contributed by atoms with Gasteiger partial charge in [-0.05, 0) is 54.5 Å². The standard InChI is InChI=1S/C28H34FN/c1-3-5-7-8-9-11-22-12-18-26(27(29)20-22)24-14-16-25(17-15-24)28-19-13-23(21-30-28)10-6-4-2/h12-21H,3-11H2,1-2H3. The van der Waals surface area contributed by atoms with Crippen molar-refractivity contribution in [2.45, 2.75) is 71.6 Å². The molecule has 2 heteroatoms. The van der Waals surface area contributed by atoms with Crippen LogP contribution in [0.1, 0.15) is 69.9 Å². The Kier molecular flexibility index (Phi) is 8.62. The van der Waals surface area contributed by atoms with E-state index in [0.29, 0.717) is 5.56 Å². The van der Waals surface area contributed by atoms with E-state index in [1.165, 1.54) is 44.1 Å². The fourth-order valence-electron chi connectivity index (χ4n) is 3.83. The van der Waals surface area contributed by atoms with Crippen molar-refractivity contribution in [3.8, 4) is 22.4 Å². The third-order valence-electron chi connectivity index (χ3n) is 5.74. The summed E-state index contributed by atoms with van der Waals surface area (Å²) in [6, 6.07) is 18.0. The van der Waals surface area contributed by atoms with Gasteiger partial charge >= 0.3 is 0 Å². The summed E-state index contributed by atoms with van der Waals surface area (Å²) in [7, 11) is 0. The number of pyridine rings is 1. The summed E-state index contributed by atoms with van der Waals surface area (Å²) in [6.45, 7) is 4.43. The molecule has 0 spiro atoms. The first kappa shape index (κ1) is 22.2. The van der Waals surface area contributed by atoms with Gasteiger partial charge in [0.05, 0.1) is 5.69 Å². The molecule has 0 fully saturated rings. The SMILES string of the molecule is CCCCCCCc1ccc(-c2ccc(-c3ccc(CCCC)cn3)cc2)c(F)c1. The van der Waals surface area contributed by atoms with Crippen LogP contribution in [0.2, 0.25) is 0 Å². The van der Waals surface area contributed by atoms with Crippen LogP contribution in [0.25, 0.3) is 22.4 Å². The number of rotatable bonds is 11. The summed E-state index contributed by atoms with van der Waals surface area (Å²) in [5.41, 5.74) is 5.97. The predicted molar refractivity (Wildman–Crippen MR) is 126 cm³/mol. The van der Waals surface area contributed by atoms with Gasteiger partial charge in [-0.1, -0.05) is 88.4 Å². The van der Waals surface area contributed by atoms with Gasteiger partial charge in [-0.2, -0.15) is 0 Å². The molecular formula is C28H34FN. The Morgan fingerprint density at radius 2 is 1.33 bits per heavy atom. The Morgan fingerprint density at radius 3 is 2.00 bits per heavy atom. The lowest BCUT2D eigenvalue weighted by molar-refractivity contribution is 0.618. The quantitative estimate of drug-likeness (QED) is 0.293. The van der Waals surface area contributed by atoms with Gasteiger partial charge in [0.1, 0.15) is 5.82 Å². The average Bonchev–Trinajstić information content (AvgIpc) is 2.78. The number of nitrogens with zero attached hydrogens (tertiary/aromatic N) is 1. The van der Waals surface area contributed by atoms with Crippen LogP contribution in [0, 0.1) is 5.82 Å². The number of benzene rings is 2. The van der Waals surface area contributed by atoms with E-state index in [0.717, 1.165) is 41.6 Å². The molecule has 0 aliphatic carbocycles. The molecule has 0 saturated heterocycles. The molecule has 0 radical (unpaired) electrons. The highest BCUT2D eigenvalue weighted by Crippen LogP contribution is 2.27. The van der Waals surface area contributed by atoms with Gasteiger partial charge in [0, 0.05) is 17.3 Å². The molecule has 1 aromatic heterocycles. The molecule has 0 N–H and O–H groups in total. The molecule has 3 rings (SSSR count). The van der Waals surface area contributed by atoms with Crippen molar-refractivity contribution in [2.24, 2.45) is 0 Å². The van der Waals surface area contributed by atoms with Gasteiger partial charge in [0.15, 0.2) is 0 Å². The second kappa shape index (κ2) is 11.6. The highest BCUT2D eigenvalue weighted by atomic mass is 19.1. The molecule has 0 unspecified atom stereocenters. The molecule has 0 atom stereocenters. The van der Waals surface area contributed by atoms with Gasteiger partial charge in [0.2, 0.25) is 0 Å². The van der Waals surface area contributed by atoms with Crippen molar-refractivity contribution < 1.29 is 4.39 Å². The summed E-state index contributed by atoms with van der Waals surface area (Å²) < 4.78 is 14.7. The second-order valence-electron chi connectivity index (χ2n) is 8.21. The monoisotopic (exact) mass is 403 g/mol. The number of hydrogen-bond acceptors (Lipinski definition) is 1. The highest BCUT2D eigenvalue weighted by molar-refractivity contribution is 5.69. The van der Waals surface area contributed by atoms with E-state index in [2.05, 4.69) is 37.0 Å². The Hall–Kier alpha value is -2.48. The van der Waals surface area contributed by atoms with Crippen molar-refractivity contribution in [1.82, 2.24) is 4.98 Å². The van der Waals surface area contributed by atoms with Gasteiger partial charge in [-0.3, -0.25) is 4.98 Å². The number of halogens is 1. The molecule has 1 heterocycles. The lowest BCUT2D eigenvalue weighted by atomic mass is 9.98. The van der Waals surface area contributed by atoms with Crippen LogP contribution >= 0.6 is 0 Å². The molecule has 3 aromatic rings. The zero-order chi connectivity index (χ0) is 21.2. The molecule has 158 valence electrons. The van der Waals surface area contributed by atoms with Crippen molar-refractivity contribution >= 4 is 0 Å². The Balaban J connectivity index is 1.64. The van der Waals surface area contributed by atoms with Crippen LogP contribution in [0.5, 0.6) is 0 Å². The lowest BCUT2D eigenvalue weighted by Gasteiger charge is -2.08. The topological polar surface area (TPSA) is 12.9 Å². The molecule has 2 aromatic carbocycles. The molecule has 0 bridgehead atoms. The van der Waals surface area contributed by atoms with Crippen LogP contribution in [-0.4, -0.2) is 4.98 Å². The minimum Gasteiger partial charge on any atom is -0.256 e. The van der Waals surface area contributed by atoms with Crippen LogP contribution in [-0.2, 0) is 12.8 Å². The molecule has 0 aliphatic heterocycles. The molecule has 1 nitrogen and oxygen atoms in total. The van der Waals surface area contributed by atoms with Gasteiger partial charge in [-0.25, -0.2) is 4.39 Å². The maximum absolute atomic E-state index is 14.7. The van der Waals surface area contributed by atoms with Crippen molar-refractivity contribution in [2.75, 3.05) is 0 Å². The van der Waals surface area contributed by atoms with Crippen molar-refractivity contribution in [3.05, 3.63) is 77.7 Å². The zero-order valence-electron chi connectivity index (χ0n) is 18.5. The van der Waals surface area contributed by atoms with E-state index < -0.39 is 0 Å². The summed E-state index contributed by atoms with van der Waals surface area (Å²) in [6.07, 6.45) is 12.6. The van der Waals surface area contributed by atoms with E-state index in [1.807, 2.05) is 36.5 Å². The second-order valence-corrected chi connectivity index (χ2v) is 8.21. The van der Waals surface area contributed by atoms with Gasteiger partial charge in [-0.15, -0.1) is 0 Å². The first-order valence-electron chi connectivity index (χ1n) is 11.6. The molecule has 0 amide bonds. The van der Waals surface area contributed by atoms with E-state index in [4.69, 9.17) is 0 Å². The maximum Gasteiger partial charge on any atom is 0.131 e. The van der Waals surface area contributed by atoms with E-state index in [9.17, 15) is 4.39 Å². The predicted octanol–water partition coefficient (Wildman–Crippen LogP) is 8.41. The number of aryl methyl sites for hydroxylation is 2. The maximum atomic E-state index is 14.7. The molecule has 0 aliphatic rings. The number of unbranched alkanes of at least 4 members (excludes halogenated alkanes) is 5.